The number of amides is 1. The summed E-state index contributed by atoms with van der Waals surface area (Å²) >= 11 is 3.18. The first kappa shape index (κ1) is 15.5. The fourth-order valence-corrected chi connectivity index (χ4v) is 2.66. The van der Waals surface area contributed by atoms with Crippen LogP contribution in [0.2, 0.25) is 0 Å². The van der Waals surface area contributed by atoms with Crippen molar-refractivity contribution in [1.29, 1.82) is 0 Å². The van der Waals surface area contributed by atoms with Crippen molar-refractivity contribution < 1.29 is 17.6 Å². The lowest BCUT2D eigenvalue weighted by atomic mass is 10.3. The van der Waals surface area contributed by atoms with Gasteiger partial charge in [-0.1, -0.05) is 0 Å². The number of rotatable bonds is 4. The standard InChI is InChI=1S/C13H11BrN2O4S/c14-11-8-10(21(15,18)19)4-5-12(11)16-13(17)6-3-9-2-1-7-20-9/h1-8H,(H,16,17)(H2,15,18,19)/b6-3+. The Kier molecular flexibility index (Phi) is 4.61. The maximum Gasteiger partial charge on any atom is 0.248 e. The van der Waals surface area contributed by atoms with Crippen LogP contribution in [0.15, 0.2) is 56.5 Å². The van der Waals surface area contributed by atoms with E-state index in [0.717, 1.165) is 0 Å². The highest BCUT2D eigenvalue weighted by Gasteiger charge is 2.11. The molecule has 0 aliphatic rings. The summed E-state index contributed by atoms with van der Waals surface area (Å²) in [6.07, 6.45) is 4.32. The Bertz CT molecular complexity index is 783. The predicted molar refractivity (Wildman–Crippen MR) is 81.9 cm³/mol. The summed E-state index contributed by atoms with van der Waals surface area (Å²) in [4.78, 5) is 11.7. The van der Waals surface area contributed by atoms with Crippen LogP contribution in [0.1, 0.15) is 5.76 Å². The van der Waals surface area contributed by atoms with Crippen molar-refractivity contribution in [2.45, 2.75) is 4.90 Å². The zero-order valence-electron chi connectivity index (χ0n) is 10.6. The van der Waals surface area contributed by atoms with Crippen LogP contribution in [0.5, 0.6) is 0 Å². The van der Waals surface area contributed by atoms with E-state index < -0.39 is 10.0 Å². The molecule has 1 aromatic carbocycles. The Balaban J connectivity index is 2.11. The third kappa shape index (κ3) is 4.28. The summed E-state index contributed by atoms with van der Waals surface area (Å²) in [6.45, 7) is 0. The monoisotopic (exact) mass is 370 g/mol. The van der Waals surface area contributed by atoms with Gasteiger partial charge in [0.15, 0.2) is 0 Å². The number of benzene rings is 1. The summed E-state index contributed by atoms with van der Waals surface area (Å²) < 4.78 is 27.9. The van der Waals surface area contributed by atoms with E-state index in [1.165, 1.54) is 36.6 Å². The first-order chi connectivity index (χ1) is 9.86. The second kappa shape index (κ2) is 6.25. The average Bonchev–Trinajstić information content (AvgIpc) is 2.91. The minimum atomic E-state index is -3.78. The van der Waals surface area contributed by atoms with Crippen molar-refractivity contribution in [3.05, 3.63) is 52.9 Å². The molecule has 0 bridgehead atoms. The van der Waals surface area contributed by atoms with Crippen molar-refractivity contribution >= 4 is 43.6 Å². The Morgan fingerprint density at radius 3 is 2.67 bits per heavy atom. The van der Waals surface area contributed by atoms with E-state index >= 15 is 0 Å². The molecule has 0 atom stereocenters. The SMILES string of the molecule is NS(=O)(=O)c1ccc(NC(=O)/C=C/c2ccco2)c(Br)c1. The van der Waals surface area contributed by atoms with Crippen molar-refractivity contribution in [3.63, 3.8) is 0 Å². The third-order valence-corrected chi connectivity index (χ3v) is 4.04. The second-order valence-corrected chi connectivity index (χ2v) is 6.44. The van der Waals surface area contributed by atoms with Crippen LogP contribution in [0.25, 0.3) is 6.08 Å². The van der Waals surface area contributed by atoms with Gasteiger partial charge in [-0.3, -0.25) is 4.79 Å². The predicted octanol–water partition coefficient (Wildman–Crippen LogP) is 2.34. The van der Waals surface area contributed by atoms with Crippen LogP contribution in [-0.4, -0.2) is 14.3 Å². The van der Waals surface area contributed by atoms with E-state index in [9.17, 15) is 13.2 Å². The second-order valence-electron chi connectivity index (χ2n) is 4.02. The molecular weight excluding hydrogens is 360 g/mol. The Hall–Kier alpha value is -1.90. The number of halogens is 1. The number of hydrogen-bond donors (Lipinski definition) is 2. The zero-order valence-corrected chi connectivity index (χ0v) is 13.0. The van der Waals surface area contributed by atoms with E-state index in [1.54, 1.807) is 12.1 Å². The van der Waals surface area contributed by atoms with Gasteiger partial charge in [0, 0.05) is 10.5 Å². The molecule has 1 heterocycles. The summed E-state index contributed by atoms with van der Waals surface area (Å²) in [5.74, 6) is 0.171. The average molecular weight is 371 g/mol. The van der Waals surface area contributed by atoms with Crippen LogP contribution in [-0.2, 0) is 14.8 Å². The molecule has 8 heteroatoms. The molecule has 0 unspecified atom stereocenters. The van der Waals surface area contributed by atoms with E-state index in [0.29, 0.717) is 15.9 Å². The van der Waals surface area contributed by atoms with Crippen molar-refractivity contribution in [1.82, 2.24) is 0 Å². The molecule has 21 heavy (non-hydrogen) atoms. The summed E-state index contributed by atoms with van der Waals surface area (Å²) in [6, 6.07) is 7.50. The summed E-state index contributed by atoms with van der Waals surface area (Å²) in [5.41, 5.74) is 0.427. The van der Waals surface area contributed by atoms with Crippen molar-refractivity contribution in [2.75, 3.05) is 5.32 Å². The van der Waals surface area contributed by atoms with Crippen LogP contribution >= 0.6 is 15.9 Å². The Labute approximate surface area is 129 Å². The van der Waals surface area contributed by atoms with Gasteiger partial charge < -0.3 is 9.73 Å². The molecule has 0 spiro atoms. The third-order valence-electron chi connectivity index (χ3n) is 2.47. The first-order valence-corrected chi connectivity index (χ1v) is 8.05. The van der Waals surface area contributed by atoms with Crippen molar-refractivity contribution in [2.24, 2.45) is 5.14 Å². The van der Waals surface area contributed by atoms with Gasteiger partial charge in [-0.15, -0.1) is 0 Å². The molecule has 110 valence electrons. The fraction of sp³-hybridized carbons (Fsp3) is 0. The lowest BCUT2D eigenvalue weighted by Crippen LogP contribution is -2.13. The van der Waals surface area contributed by atoms with Gasteiger partial charge in [-0.2, -0.15) is 0 Å². The summed E-state index contributed by atoms with van der Waals surface area (Å²) in [5, 5.41) is 7.62. The number of hydrogen-bond acceptors (Lipinski definition) is 4. The molecule has 1 aromatic heterocycles. The quantitative estimate of drug-likeness (QED) is 0.806. The highest BCUT2D eigenvalue weighted by atomic mass is 79.9. The Morgan fingerprint density at radius 1 is 1.33 bits per heavy atom. The fourth-order valence-electron chi connectivity index (χ4n) is 1.49. The normalized spacial score (nSPS) is 11.7. The largest absolute Gasteiger partial charge is 0.465 e. The molecule has 1 amide bonds. The molecule has 0 fully saturated rings. The minimum absolute atomic E-state index is 0.0431. The number of nitrogens with two attached hydrogens (primary N) is 1. The summed E-state index contributed by atoms with van der Waals surface area (Å²) in [7, 11) is -3.78. The number of nitrogens with one attached hydrogen (secondary N) is 1. The van der Waals surface area contributed by atoms with Gasteiger partial charge in [0.2, 0.25) is 15.9 Å². The van der Waals surface area contributed by atoms with Gasteiger partial charge in [0.1, 0.15) is 5.76 Å². The molecule has 2 aromatic rings. The van der Waals surface area contributed by atoms with Gasteiger partial charge in [-0.05, 0) is 52.3 Å². The zero-order chi connectivity index (χ0) is 15.5. The number of carbonyl (C=O) groups excluding carboxylic acids is 1. The van der Waals surface area contributed by atoms with Crippen molar-refractivity contribution in [3.8, 4) is 0 Å². The number of anilines is 1. The highest BCUT2D eigenvalue weighted by molar-refractivity contribution is 9.10. The number of sulfonamides is 1. The molecule has 3 N–H and O–H groups in total. The highest BCUT2D eigenvalue weighted by Crippen LogP contribution is 2.25. The van der Waals surface area contributed by atoms with Gasteiger partial charge in [-0.25, -0.2) is 13.6 Å². The number of furan rings is 1. The lowest BCUT2D eigenvalue weighted by Gasteiger charge is -2.06. The minimum Gasteiger partial charge on any atom is -0.465 e. The Morgan fingerprint density at radius 2 is 2.10 bits per heavy atom. The number of carbonyl (C=O) groups is 1. The maximum absolute atomic E-state index is 11.7. The van der Waals surface area contributed by atoms with E-state index in [-0.39, 0.29) is 10.8 Å². The number of primary sulfonamides is 1. The van der Waals surface area contributed by atoms with E-state index in [2.05, 4.69) is 21.2 Å². The molecule has 0 saturated heterocycles. The van der Waals surface area contributed by atoms with Crippen LogP contribution in [0.3, 0.4) is 0 Å². The van der Waals surface area contributed by atoms with Gasteiger partial charge in [0.05, 0.1) is 16.8 Å². The van der Waals surface area contributed by atoms with Gasteiger partial charge >= 0.3 is 0 Å². The molecule has 0 aliphatic heterocycles. The van der Waals surface area contributed by atoms with Crippen LogP contribution < -0.4 is 10.5 Å². The smallest absolute Gasteiger partial charge is 0.248 e. The topological polar surface area (TPSA) is 102 Å². The molecular formula is C13H11BrN2O4S. The molecule has 6 nitrogen and oxygen atoms in total. The van der Waals surface area contributed by atoms with Crippen LogP contribution in [0.4, 0.5) is 5.69 Å². The molecule has 2 rings (SSSR count). The lowest BCUT2D eigenvalue weighted by molar-refractivity contribution is -0.111. The van der Waals surface area contributed by atoms with Crippen LogP contribution in [0, 0.1) is 0 Å². The van der Waals surface area contributed by atoms with E-state index in [1.807, 2.05) is 0 Å². The van der Waals surface area contributed by atoms with Gasteiger partial charge in [0.25, 0.3) is 0 Å². The molecule has 0 saturated carbocycles. The first-order valence-electron chi connectivity index (χ1n) is 5.71. The molecule has 0 aliphatic carbocycles. The molecule has 0 radical (unpaired) electrons. The van der Waals surface area contributed by atoms with E-state index in [4.69, 9.17) is 9.56 Å². The maximum atomic E-state index is 11.7.